The molecule has 1 saturated heterocycles. The van der Waals surface area contributed by atoms with E-state index in [0.29, 0.717) is 44.3 Å². The summed E-state index contributed by atoms with van der Waals surface area (Å²) in [4.78, 5) is 28.6. The lowest BCUT2D eigenvalue weighted by atomic mass is 9.95. The highest BCUT2D eigenvalue weighted by atomic mass is 35.5. The van der Waals surface area contributed by atoms with Crippen LogP contribution in [0.25, 0.3) is 5.76 Å². The number of amides is 1. The second-order valence-electron chi connectivity index (χ2n) is 10.5. The minimum absolute atomic E-state index is 0.0561. The molecule has 4 aromatic carbocycles. The molecule has 1 aromatic heterocycles. The van der Waals surface area contributed by atoms with Gasteiger partial charge in [-0.3, -0.25) is 14.5 Å². The molecule has 0 bridgehead atoms. The summed E-state index contributed by atoms with van der Waals surface area (Å²) in [6.45, 7) is 2.25. The van der Waals surface area contributed by atoms with E-state index in [9.17, 15) is 14.7 Å². The molecule has 232 valence electrons. The number of anilines is 1. The number of ether oxygens (including phenoxy) is 2. The molecule has 2 heterocycles. The average Bonchev–Trinajstić information content (AvgIpc) is 3.65. The molecule has 46 heavy (non-hydrogen) atoms. The number of carbonyl (C=O) groups is 2. The first-order chi connectivity index (χ1) is 22.3. The van der Waals surface area contributed by atoms with Gasteiger partial charge >= 0.3 is 5.91 Å². The number of benzene rings is 4. The number of nitrogens with zero attached hydrogens (tertiary/aromatic N) is 3. The predicted octanol–water partition coefficient (Wildman–Crippen LogP) is 8.01. The molecule has 1 fully saturated rings. The molecular formula is C35H28ClN3O5S2. The standard InChI is InChI=1S/C35H28ClN3O5S2/c1-21-8-12-24(13-9-21)31(40)29-30(25-14-17-27(28(18-25)43-2)44-19-22-6-4-3-5-7-22)39(33(42)32(29)41)34-37-38-35(46-34)45-20-23-10-15-26(36)16-11-23/h3-18,30,40H,19-20H2,1-2H3/b31-29-. The number of aryl methyl sites for hydroxylation is 1. The lowest BCUT2D eigenvalue weighted by Crippen LogP contribution is -2.29. The smallest absolute Gasteiger partial charge is 0.301 e. The number of aliphatic hydroxyl groups excluding tert-OH is 1. The lowest BCUT2D eigenvalue weighted by Gasteiger charge is -2.23. The van der Waals surface area contributed by atoms with Crippen LogP contribution in [0, 0.1) is 6.92 Å². The zero-order chi connectivity index (χ0) is 32.2. The third-order valence-corrected chi connectivity index (χ3v) is 9.77. The molecule has 1 aliphatic rings. The summed E-state index contributed by atoms with van der Waals surface area (Å²) < 4.78 is 12.3. The number of hydrogen-bond donors (Lipinski definition) is 1. The summed E-state index contributed by atoms with van der Waals surface area (Å²) in [5.74, 6) is -0.405. The Labute approximate surface area is 279 Å². The van der Waals surface area contributed by atoms with Crippen molar-refractivity contribution in [2.45, 2.75) is 29.7 Å². The first kappa shape index (κ1) is 31.3. The van der Waals surface area contributed by atoms with Gasteiger partial charge in [0.25, 0.3) is 5.78 Å². The van der Waals surface area contributed by atoms with Crippen molar-refractivity contribution in [1.29, 1.82) is 0 Å². The number of halogens is 1. The third kappa shape index (κ3) is 6.64. The van der Waals surface area contributed by atoms with Gasteiger partial charge in [0.1, 0.15) is 12.4 Å². The van der Waals surface area contributed by atoms with E-state index in [1.807, 2.05) is 73.7 Å². The van der Waals surface area contributed by atoms with Gasteiger partial charge < -0.3 is 14.6 Å². The maximum absolute atomic E-state index is 13.7. The topological polar surface area (TPSA) is 102 Å². The highest BCUT2D eigenvalue weighted by Gasteiger charge is 2.48. The second kappa shape index (κ2) is 13.8. The van der Waals surface area contributed by atoms with Crippen LogP contribution >= 0.6 is 34.7 Å². The van der Waals surface area contributed by atoms with E-state index in [1.165, 1.54) is 35.1 Å². The minimum atomic E-state index is -1.000. The van der Waals surface area contributed by atoms with Gasteiger partial charge in [0.15, 0.2) is 15.8 Å². The van der Waals surface area contributed by atoms with E-state index in [2.05, 4.69) is 10.2 Å². The zero-order valence-corrected chi connectivity index (χ0v) is 27.2. The van der Waals surface area contributed by atoms with E-state index < -0.39 is 17.7 Å². The molecule has 5 aromatic rings. The van der Waals surface area contributed by atoms with E-state index in [0.717, 1.165) is 16.7 Å². The number of rotatable bonds is 10. The van der Waals surface area contributed by atoms with Crippen molar-refractivity contribution in [1.82, 2.24) is 10.2 Å². The highest BCUT2D eigenvalue weighted by molar-refractivity contribution is 8.00. The first-order valence-electron chi connectivity index (χ1n) is 14.3. The Balaban J connectivity index is 1.37. The molecule has 1 aliphatic heterocycles. The molecular weight excluding hydrogens is 642 g/mol. The van der Waals surface area contributed by atoms with Crippen LogP contribution in [0.2, 0.25) is 5.02 Å². The van der Waals surface area contributed by atoms with Crippen LogP contribution < -0.4 is 14.4 Å². The fraction of sp³-hybridized carbons (Fsp3) is 0.143. The molecule has 1 unspecified atom stereocenters. The Morgan fingerprint density at radius 1 is 0.935 bits per heavy atom. The molecule has 6 rings (SSSR count). The normalized spacial score (nSPS) is 15.7. The number of thioether (sulfide) groups is 1. The summed E-state index contributed by atoms with van der Waals surface area (Å²) in [5, 5.41) is 21.0. The Morgan fingerprint density at radius 3 is 2.39 bits per heavy atom. The van der Waals surface area contributed by atoms with E-state index >= 15 is 0 Å². The second-order valence-corrected chi connectivity index (χ2v) is 13.1. The summed E-state index contributed by atoms with van der Waals surface area (Å²) in [6.07, 6.45) is 0. The molecule has 1 atom stereocenters. The van der Waals surface area contributed by atoms with E-state index in [1.54, 1.807) is 30.3 Å². The summed E-state index contributed by atoms with van der Waals surface area (Å²) in [5.41, 5.74) is 3.91. The molecule has 0 radical (unpaired) electrons. The molecule has 1 N–H and O–H groups in total. The molecule has 0 aliphatic carbocycles. The van der Waals surface area contributed by atoms with Gasteiger partial charge in [-0.05, 0) is 47.9 Å². The summed E-state index contributed by atoms with van der Waals surface area (Å²) in [7, 11) is 1.52. The van der Waals surface area contributed by atoms with Gasteiger partial charge in [0.2, 0.25) is 5.13 Å². The van der Waals surface area contributed by atoms with Crippen molar-refractivity contribution in [2.75, 3.05) is 12.0 Å². The average molecular weight is 670 g/mol. The Hall–Kier alpha value is -4.64. The van der Waals surface area contributed by atoms with Crippen LogP contribution in [0.3, 0.4) is 0 Å². The van der Waals surface area contributed by atoms with Gasteiger partial charge in [0, 0.05) is 16.3 Å². The van der Waals surface area contributed by atoms with Crippen LogP contribution in [0.1, 0.15) is 33.9 Å². The zero-order valence-electron chi connectivity index (χ0n) is 24.8. The maximum Gasteiger partial charge on any atom is 0.301 e. The number of hydrogen-bond acceptors (Lipinski definition) is 9. The van der Waals surface area contributed by atoms with Crippen LogP contribution in [-0.4, -0.2) is 34.1 Å². The Kier molecular flexibility index (Phi) is 9.39. The van der Waals surface area contributed by atoms with Crippen molar-refractivity contribution < 1.29 is 24.2 Å². The third-order valence-electron chi connectivity index (χ3n) is 7.39. The first-order valence-corrected chi connectivity index (χ1v) is 16.4. The summed E-state index contributed by atoms with van der Waals surface area (Å²) in [6, 6.07) is 28.5. The van der Waals surface area contributed by atoms with Crippen molar-refractivity contribution in [3.63, 3.8) is 0 Å². The van der Waals surface area contributed by atoms with Crippen molar-refractivity contribution in [3.8, 4) is 11.5 Å². The van der Waals surface area contributed by atoms with Crippen molar-refractivity contribution >= 4 is 57.3 Å². The SMILES string of the molecule is COc1cc(C2/C(=C(/O)c3ccc(C)cc3)C(=O)C(=O)N2c2nnc(SCc3ccc(Cl)cc3)s2)ccc1OCc1ccccc1. The van der Waals surface area contributed by atoms with Gasteiger partial charge in [-0.2, -0.15) is 0 Å². The predicted molar refractivity (Wildman–Crippen MR) is 181 cm³/mol. The Bertz CT molecular complexity index is 1910. The lowest BCUT2D eigenvalue weighted by molar-refractivity contribution is -0.132. The number of carbonyl (C=O) groups excluding carboxylic acids is 2. The van der Waals surface area contributed by atoms with Gasteiger partial charge in [-0.15, -0.1) is 10.2 Å². The number of aliphatic hydroxyl groups is 1. The van der Waals surface area contributed by atoms with Crippen molar-refractivity contribution in [2.24, 2.45) is 0 Å². The monoisotopic (exact) mass is 669 g/mol. The van der Waals surface area contributed by atoms with E-state index in [-0.39, 0.29) is 16.5 Å². The highest BCUT2D eigenvalue weighted by Crippen LogP contribution is 2.45. The van der Waals surface area contributed by atoms with Gasteiger partial charge in [-0.25, -0.2) is 0 Å². The molecule has 1 amide bonds. The molecule has 11 heteroatoms. The van der Waals surface area contributed by atoms with Crippen LogP contribution in [0.15, 0.2) is 107 Å². The number of Topliss-reactive ketones (excluding diaryl/α,β-unsaturated/α-hetero) is 1. The Morgan fingerprint density at radius 2 is 1.67 bits per heavy atom. The number of methoxy groups -OCH3 is 1. The van der Waals surface area contributed by atoms with Gasteiger partial charge in [-0.1, -0.05) is 113 Å². The number of ketones is 1. The summed E-state index contributed by atoms with van der Waals surface area (Å²) >= 11 is 8.67. The van der Waals surface area contributed by atoms with Crippen LogP contribution in [0.4, 0.5) is 5.13 Å². The van der Waals surface area contributed by atoms with Crippen molar-refractivity contribution in [3.05, 3.63) is 135 Å². The van der Waals surface area contributed by atoms with Crippen LogP contribution in [-0.2, 0) is 21.9 Å². The molecule has 8 nitrogen and oxygen atoms in total. The molecule has 0 saturated carbocycles. The number of aromatic nitrogens is 2. The fourth-order valence-corrected chi connectivity index (χ4v) is 6.95. The van der Waals surface area contributed by atoms with Gasteiger partial charge in [0.05, 0.1) is 18.7 Å². The van der Waals surface area contributed by atoms with Crippen LogP contribution in [0.5, 0.6) is 11.5 Å². The largest absolute Gasteiger partial charge is 0.507 e. The van der Waals surface area contributed by atoms with E-state index in [4.69, 9.17) is 21.1 Å². The maximum atomic E-state index is 13.7. The molecule has 0 spiro atoms. The quantitative estimate of drug-likeness (QED) is 0.0525. The minimum Gasteiger partial charge on any atom is -0.507 e. The fourth-order valence-electron chi connectivity index (χ4n) is 5.00.